The number of fused-ring (bicyclic) bond motifs is 6. The number of aromatic amines is 1. The van der Waals surface area contributed by atoms with E-state index in [-0.39, 0.29) is 43.1 Å². The van der Waals surface area contributed by atoms with Crippen LogP contribution in [0.4, 0.5) is 0 Å². The van der Waals surface area contributed by atoms with E-state index in [9.17, 15) is 24.3 Å². The Bertz CT molecular complexity index is 2480. The molecule has 6 bridgehead atoms. The highest BCUT2D eigenvalue weighted by Gasteiger charge is 2.38. The van der Waals surface area contributed by atoms with E-state index in [1.54, 1.807) is 38.7 Å². The zero-order valence-corrected chi connectivity index (χ0v) is 37.5. The topological polar surface area (TPSA) is 184 Å². The molecule has 7 rings (SSSR count). The third-order valence-corrected chi connectivity index (χ3v) is 12.3. The zero-order valence-electron chi connectivity index (χ0n) is 37.5. The van der Waals surface area contributed by atoms with Gasteiger partial charge in [0.15, 0.2) is 0 Å². The highest BCUT2D eigenvalue weighted by molar-refractivity contribution is 5.96. The zero-order chi connectivity index (χ0) is 45.2. The number of phenolic OH excluding ortho intramolecular Hbond substituents is 1. The quantitative estimate of drug-likeness (QED) is 0.123. The molecular formula is C48H60N8O7. The van der Waals surface area contributed by atoms with Crippen LogP contribution in [0.3, 0.4) is 0 Å². The Hall–Kier alpha value is -6.06. The van der Waals surface area contributed by atoms with Gasteiger partial charge in [-0.2, -0.15) is 0 Å². The number of aromatic nitrogens is 4. The minimum Gasteiger partial charge on any atom is -0.508 e. The van der Waals surface area contributed by atoms with Gasteiger partial charge in [-0.15, -0.1) is 0 Å². The molecule has 3 amide bonds. The second-order valence-electron chi connectivity index (χ2n) is 18.0. The molecule has 0 aliphatic carbocycles. The fourth-order valence-corrected chi connectivity index (χ4v) is 9.07. The molecule has 63 heavy (non-hydrogen) atoms. The van der Waals surface area contributed by atoms with Crippen molar-refractivity contribution in [2.24, 2.45) is 11.3 Å². The number of hydrogen-bond donors (Lipinski definition) is 4. The maximum Gasteiger partial charge on any atom is 0.324 e. The van der Waals surface area contributed by atoms with Gasteiger partial charge >= 0.3 is 5.97 Å². The molecule has 15 heteroatoms. The lowest BCUT2D eigenvalue weighted by molar-refractivity contribution is -0.155. The van der Waals surface area contributed by atoms with Crippen molar-refractivity contribution in [2.75, 3.05) is 27.3 Å². The molecule has 2 aliphatic heterocycles. The van der Waals surface area contributed by atoms with Crippen molar-refractivity contribution < 1.29 is 33.8 Å². The smallest absolute Gasteiger partial charge is 0.324 e. The van der Waals surface area contributed by atoms with Gasteiger partial charge in [-0.1, -0.05) is 39.8 Å². The number of esters is 1. The number of nitrogens with zero attached hydrogens (tertiary/aromatic N) is 5. The highest BCUT2D eigenvalue weighted by Crippen LogP contribution is 2.42. The maximum absolute atomic E-state index is 14.6. The molecule has 334 valence electrons. The van der Waals surface area contributed by atoms with Gasteiger partial charge in [0.05, 0.1) is 36.8 Å². The second kappa shape index (κ2) is 18.7. The first-order chi connectivity index (χ1) is 30.1. The predicted molar refractivity (Wildman–Crippen MR) is 239 cm³/mol. The van der Waals surface area contributed by atoms with E-state index in [0.717, 1.165) is 44.5 Å². The molecule has 0 radical (unpaired) electrons. The third-order valence-electron chi connectivity index (χ3n) is 12.3. The average Bonchev–Trinajstić information content (AvgIpc) is 3.89. The minimum atomic E-state index is -1.14. The number of pyridine rings is 1. The molecule has 5 heterocycles. The summed E-state index contributed by atoms with van der Waals surface area (Å²) < 4.78 is 14.2. The van der Waals surface area contributed by atoms with Gasteiger partial charge in [-0.25, -0.2) is 10.4 Å². The van der Waals surface area contributed by atoms with E-state index in [4.69, 9.17) is 14.5 Å². The van der Waals surface area contributed by atoms with E-state index in [0.29, 0.717) is 43.6 Å². The van der Waals surface area contributed by atoms with Gasteiger partial charge in [-0.05, 0) is 97.7 Å². The number of hydrazine groups is 1. The lowest BCUT2D eigenvalue weighted by Crippen LogP contribution is -2.62. The van der Waals surface area contributed by atoms with Gasteiger partial charge in [0.25, 0.3) is 5.91 Å². The number of H-pyrrole nitrogens is 1. The van der Waals surface area contributed by atoms with Crippen LogP contribution in [0.2, 0.25) is 0 Å². The number of aromatic hydroxyl groups is 1. The summed E-state index contributed by atoms with van der Waals surface area (Å²) in [5.74, 6) is -2.05. The Labute approximate surface area is 368 Å². The first kappa shape index (κ1) is 45.0. The molecule has 4 atom stereocenters. The van der Waals surface area contributed by atoms with E-state index in [1.165, 1.54) is 16.2 Å². The van der Waals surface area contributed by atoms with Crippen molar-refractivity contribution in [3.8, 4) is 28.1 Å². The van der Waals surface area contributed by atoms with Crippen molar-refractivity contribution in [3.05, 3.63) is 89.8 Å². The number of carbonyl (C=O) groups is 4. The summed E-state index contributed by atoms with van der Waals surface area (Å²) in [5, 5.41) is 16.7. The van der Waals surface area contributed by atoms with Crippen LogP contribution in [0.5, 0.6) is 5.75 Å². The first-order valence-electron chi connectivity index (χ1n) is 21.8. The number of likely N-dealkylation sites (N-methyl/N-ethyl adjacent to an activating group) is 1. The van der Waals surface area contributed by atoms with Crippen molar-refractivity contribution in [1.29, 1.82) is 0 Å². The summed E-state index contributed by atoms with van der Waals surface area (Å²) in [6.07, 6.45) is 6.10. The molecule has 5 aromatic rings. The summed E-state index contributed by atoms with van der Waals surface area (Å²) in [7, 11) is 3.25. The first-order valence-corrected chi connectivity index (χ1v) is 21.8. The molecule has 2 aromatic carbocycles. The Balaban J connectivity index is 1.34. The number of benzene rings is 2. The minimum absolute atomic E-state index is 0.000596. The van der Waals surface area contributed by atoms with Crippen LogP contribution < -0.4 is 10.7 Å². The number of rotatable bonds is 10. The molecule has 1 fully saturated rings. The lowest BCUT2D eigenvalue weighted by atomic mass is 9.84. The average molecular weight is 861 g/mol. The number of amides is 3. The van der Waals surface area contributed by atoms with Crippen LogP contribution in [-0.4, -0.2) is 104 Å². The maximum atomic E-state index is 14.6. The lowest BCUT2D eigenvalue weighted by Gasteiger charge is -2.36. The number of hydrogen-bond acceptors (Lipinski definition) is 10. The molecule has 3 aromatic heterocycles. The monoisotopic (exact) mass is 860 g/mol. The number of nitrogens with one attached hydrogen (secondary N) is 3. The largest absolute Gasteiger partial charge is 0.508 e. The fourth-order valence-electron chi connectivity index (χ4n) is 9.07. The number of ether oxygens (including phenoxy) is 2. The molecule has 0 saturated carbocycles. The summed E-state index contributed by atoms with van der Waals surface area (Å²) in [4.78, 5) is 69.4. The molecule has 0 unspecified atom stereocenters. The van der Waals surface area contributed by atoms with E-state index in [2.05, 4.69) is 64.2 Å². The Kier molecular flexibility index (Phi) is 13.4. The molecule has 4 N–H and O–H groups in total. The van der Waals surface area contributed by atoms with Crippen LogP contribution in [-0.2, 0) is 54.5 Å². The van der Waals surface area contributed by atoms with Crippen LogP contribution in [0.1, 0.15) is 83.0 Å². The van der Waals surface area contributed by atoms with Crippen molar-refractivity contribution in [3.63, 3.8) is 0 Å². The molecule has 15 nitrogen and oxygen atoms in total. The summed E-state index contributed by atoms with van der Waals surface area (Å²) in [5.41, 5.74) is 10.2. The summed E-state index contributed by atoms with van der Waals surface area (Å²) in [6.45, 7) is 13.0. The van der Waals surface area contributed by atoms with E-state index >= 15 is 0 Å². The van der Waals surface area contributed by atoms with E-state index < -0.39 is 41.3 Å². The van der Waals surface area contributed by atoms with Crippen LogP contribution in [0, 0.1) is 11.3 Å². The fraction of sp³-hybridized carbons (Fsp3) is 0.458. The number of aryl methyl sites for hydroxylation is 1. The third kappa shape index (κ3) is 9.64. The molecule has 0 spiro atoms. The van der Waals surface area contributed by atoms with Gasteiger partial charge in [-0.3, -0.25) is 29.2 Å². The molecule has 1 saturated heterocycles. The van der Waals surface area contributed by atoms with Gasteiger partial charge in [0.1, 0.15) is 23.9 Å². The van der Waals surface area contributed by atoms with Crippen molar-refractivity contribution in [2.45, 2.75) is 104 Å². The number of cyclic esters (lactones) is 1. The van der Waals surface area contributed by atoms with Gasteiger partial charge in [0.2, 0.25) is 11.8 Å². The number of phenols is 1. The van der Waals surface area contributed by atoms with Crippen molar-refractivity contribution >= 4 is 34.6 Å². The number of methoxy groups -OCH3 is 1. The second-order valence-corrected chi connectivity index (χ2v) is 18.0. The van der Waals surface area contributed by atoms with Crippen LogP contribution in [0.15, 0.2) is 67.3 Å². The summed E-state index contributed by atoms with van der Waals surface area (Å²) >= 11 is 0. The Morgan fingerprint density at radius 3 is 2.62 bits per heavy atom. The number of imidazole rings is 1. The summed E-state index contributed by atoms with van der Waals surface area (Å²) in [6, 6.07) is 12.6. The Morgan fingerprint density at radius 1 is 1.11 bits per heavy atom. The predicted octanol–water partition coefficient (Wildman–Crippen LogP) is 5.90. The van der Waals surface area contributed by atoms with Crippen LogP contribution >= 0.6 is 0 Å². The Morgan fingerprint density at radius 2 is 1.90 bits per heavy atom. The molecular weight excluding hydrogens is 801 g/mol. The standard InChI is InChI=1S/C48H60N8O7/c1-9-55-40-15-14-31-22-36(40)37(44(55)35-12-10-16-50-42(35)29(4)62-8)24-48(5,6)26-63-47(61)38-13-11-17-56(53-38)46(60)39(20-30-18-32(31)21-34(57)19-30)52-45(59)43(28(2)3)54(7)41(58)23-33-25-49-27-51-33/h10,12,14-16,18-19,21-22,25,27-29,38-39,43,53,57H,9,11,13,17,20,23-24,26H2,1-8H3,(H,49,51)(H,52,59)/t29-,38-,39-,43-/m0/s1. The van der Waals surface area contributed by atoms with E-state index in [1.807, 2.05) is 39.0 Å². The van der Waals surface area contributed by atoms with Gasteiger partial charge < -0.3 is 34.3 Å². The van der Waals surface area contributed by atoms with Crippen molar-refractivity contribution in [1.82, 2.24) is 40.2 Å². The number of carbonyl (C=O) groups excluding carboxylic acids is 4. The van der Waals surface area contributed by atoms with Gasteiger partial charge in [0, 0.05) is 73.6 Å². The van der Waals surface area contributed by atoms with Crippen LogP contribution in [0.25, 0.3) is 33.3 Å². The normalized spacial score (nSPS) is 19.0. The highest BCUT2D eigenvalue weighted by atomic mass is 16.5. The molecule has 2 aliphatic rings. The SMILES string of the molecule is CCn1c(-c2cccnc2[C@H](C)OC)c2c3cc(ccc31)-c1cc(O)cc(c1)C[C@H](NC(=O)[C@H](C(C)C)N(C)C(=O)Cc1cnc[nH]1)C(=O)N1CCC[C@H](N1)C(=O)OCC(C)(C)C2.